The Balaban J connectivity index is 1.41. The highest BCUT2D eigenvalue weighted by Gasteiger charge is 2.34. The van der Waals surface area contributed by atoms with Crippen molar-refractivity contribution in [3.05, 3.63) is 105 Å². The zero-order valence-electron chi connectivity index (χ0n) is 17.0. The zero-order valence-corrected chi connectivity index (χ0v) is 19.4. The van der Waals surface area contributed by atoms with Crippen LogP contribution in [0.5, 0.6) is 5.75 Å². The van der Waals surface area contributed by atoms with E-state index in [4.69, 9.17) is 4.74 Å². The van der Waals surface area contributed by atoms with Crippen LogP contribution < -0.4 is 4.74 Å². The van der Waals surface area contributed by atoms with Crippen molar-refractivity contribution >= 4 is 44.9 Å². The third-order valence-electron chi connectivity index (χ3n) is 4.88. The van der Waals surface area contributed by atoms with Crippen LogP contribution in [-0.4, -0.2) is 22.6 Å². The molecular weight excluding hydrogens is 493 g/mol. The maximum absolute atomic E-state index is 13.3. The summed E-state index contributed by atoms with van der Waals surface area (Å²) in [5.41, 5.74) is 2.57. The van der Waals surface area contributed by atoms with Gasteiger partial charge in [0.15, 0.2) is 0 Å². The number of nitrogens with zero attached hydrogens (tertiary/aromatic N) is 1. The topological polar surface area (TPSA) is 46.6 Å². The summed E-state index contributed by atoms with van der Waals surface area (Å²) in [6.45, 7) is 0.582. The predicted octanol–water partition coefficient (Wildman–Crippen LogP) is 6.45. The van der Waals surface area contributed by atoms with Crippen molar-refractivity contribution in [3.8, 4) is 5.75 Å². The van der Waals surface area contributed by atoms with E-state index in [1.165, 1.54) is 17.0 Å². The first-order valence-electron chi connectivity index (χ1n) is 9.96. The van der Waals surface area contributed by atoms with Crippen molar-refractivity contribution in [1.82, 2.24) is 4.90 Å². The molecule has 162 valence electrons. The molecule has 1 aliphatic rings. The number of imide groups is 1. The van der Waals surface area contributed by atoms with Gasteiger partial charge in [-0.2, -0.15) is 0 Å². The van der Waals surface area contributed by atoms with Gasteiger partial charge >= 0.3 is 0 Å². The summed E-state index contributed by atoms with van der Waals surface area (Å²) in [6.07, 6.45) is 2.32. The van der Waals surface area contributed by atoms with Crippen LogP contribution in [0.15, 0.2) is 82.2 Å². The van der Waals surface area contributed by atoms with Gasteiger partial charge in [0.2, 0.25) is 0 Å². The minimum absolute atomic E-state index is 0.232. The van der Waals surface area contributed by atoms with Crippen molar-refractivity contribution in [1.29, 1.82) is 0 Å². The van der Waals surface area contributed by atoms with Crippen molar-refractivity contribution in [2.45, 2.75) is 13.0 Å². The molecule has 3 aromatic carbocycles. The van der Waals surface area contributed by atoms with Crippen LogP contribution in [0, 0.1) is 5.82 Å². The Bertz CT molecular complexity index is 1180. The van der Waals surface area contributed by atoms with E-state index in [0.717, 1.165) is 28.5 Å². The first-order valence-corrected chi connectivity index (χ1v) is 11.6. The molecule has 0 bridgehead atoms. The lowest BCUT2D eigenvalue weighted by molar-refractivity contribution is -0.122. The molecule has 0 N–H and O–H groups in total. The smallest absolute Gasteiger partial charge is 0.293 e. The van der Waals surface area contributed by atoms with Crippen LogP contribution in [0.2, 0.25) is 0 Å². The molecule has 0 aliphatic carbocycles. The van der Waals surface area contributed by atoms with Crippen LogP contribution in [0.3, 0.4) is 0 Å². The minimum atomic E-state index is -0.307. The van der Waals surface area contributed by atoms with Gasteiger partial charge in [0.1, 0.15) is 18.2 Å². The molecule has 0 aromatic heterocycles. The number of amides is 2. The summed E-state index contributed by atoms with van der Waals surface area (Å²) < 4.78 is 19.8. The Morgan fingerprint density at radius 2 is 1.75 bits per heavy atom. The van der Waals surface area contributed by atoms with Crippen LogP contribution >= 0.6 is 27.7 Å². The summed E-state index contributed by atoms with van der Waals surface area (Å²) >= 11 is 4.42. The second-order valence-electron chi connectivity index (χ2n) is 7.18. The fourth-order valence-corrected chi connectivity index (χ4v) is 4.62. The molecule has 1 aliphatic heterocycles. The van der Waals surface area contributed by atoms with Gasteiger partial charge in [-0.05, 0) is 81.1 Å². The second-order valence-corrected chi connectivity index (χ2v) is 9.02. The highest BCUT2D eigenvalue weighted by molar-refractivity contribution is 9.10. The molecule has 1 saturated heterocycles. The summed E-state index contributed by atoms with van der Waals surface area (Å²) in [5.74, 6) is 0.0130. The molecule has 4 nitrogen and oxygen atoms in total. The van der Waals surface area contributed by atoms with E-state index in [9.17, 15) is 14.0 Å². The lowest BCUT2D eigenvalue weighted by atomic mass is 10.1. The van der Waals surface area contributed by atoms with E-state index in [-0.39, 0.29) is 23.6 Å². The predicted molar refractivity (Wildman–Crippen MR) is 128 cm³/mol. The third kappa shape index (κ3) is 5.47. The maximum atomic E-state index is 13.3. The van der Waals surface area contributed by atoms with E-state index >= 15 is 0 Å². The minimum Gasteiger partial charge on any atom is -0.488 e. The number of halogens is 2. The van der Waals surface area contributed by atoms with Crippen LogP contribution in [0.25, 0.3) is 6.08 Å². The maximum Gasteiger partial charge on any atom is 0.293 e. The van der Waals surface area contributed by atoms with E-state index < -0.39 is 0 Å². The van der Waals surface area contributed by atoms with Crippen molar-refractivity contribution < 1.29 is 18.7 Å². The Labute approximate surface area is 198 Å². The number of ether oxygens (including phenoxy) is 1. The lowest BCUT2D eigenvalue weighted by Crippen LogP contribution is -2.30. The van der Waals surface area contributed by atoms with Crippen molar-refractivity contribution in [2.24, 2.45) is 0 Å². The van der Waals surface area contributed by atoms with Crippen molar-refractivity contribution in [2.75, 3.05) is 6.54 Å². The summed E-state index contributed by atoms with van der Waals surface area (Å²) in [5, 5.41) is -0.258. The quantitative estimate of drug-likeness (QED) is 0.342. The summed E-state index contributed by atoms with van der Waals surface area (Å²) in [6, 6.07) is 21.4. The molecule has 0 saturated carbocycles. The number of thioether (sulfide) groups is 1. The van der Waals surface area contributed by atoms with Gasteiger partial charge in [0.05, 0.1) is 9.38 Å². The number of hydrogen-bond donors (Lipinski definition) is 0. The first kappa shape index (κ1) is 22.3. The highest BCUT2D eigenvalue weighted by Crippen LogP contribution is 2.34. The number of hydrogen-bond acceptors (Lipinski definition) is 4. The Morgan fingerprint density at radius 1 is 0.969 bits per heavy atom. The van der Waals surface area contributed by atoms with E-state index in [2.05, 4.69) is 15.9 Å². The fourth-order valence-electron chi connectivity index (χ4n) is 3.24. The average molecular weight is 512 g/mol. The van der Waals surface area contributed by atoms with Crippen molar-refractivity contribution in [3.63, 3.8) is 0 Å². The third-order valence-corrected chi connectivity index (χ3v) is 6.40. The summed E-state index contributed by atoms with van der Waals surface area (Å²) in [4.78, 5) is 26.8. The Kier molecular flexibility index (Phi) is 7.07. The average Bonchev–Trinajstić information content (AvgIpc) is 3.05. The molecule has 0 unspecified atom stereocenters. The molecule has 3 aromatic rings. The summed E-state index contributed by atoms with van der Waals surface area (Å²) in [7, 11) is 0. The molecular formula is C25H19BrFNO3S. The number of rotatable bonds is 7. The monoisotopic (exact) mass is 511 g/mol. The van der Waals surface area contributed by atoms with E-state index in [1.807, 2.05) is 42.5 Å². The van der Waals surface area contributed by atoms with E-state index in [0.29, 0.717) is 28.1 Å². The molecule has 32 heavy (non-hydrogen) atoms. The molecule has 0 atom stereocenters. The number of carbonyl (C=O) groups excluding carboxylic acids is 2. The molecule has 1 heterocycles. The van der Waals surface area contributed by atoms with Gasteiger partial charge < -0.3 is 4.74 Å². The molecule has 0 radical (unpaired) electrons. The highest BCUT2D eigenvalue weighted by atomic mass is 79.9. The van der Waals surface area contributed by atoms with Crippen LogP contribution in [0.1, 0.15) is 16.7 Å². The van der Waals surface area contributed by atoms with Gasteiger partial charge in [0.25, 0.3) is 11.1 Å². The standard InChI is InChI=1S/C25H19BrFNO3S/c26-21-14-18(9-10-22(21)31-16-19-7-4-8-20(27)13-19)15-23-24(29)28(25(30)32-23)12-11-17-5-2-1-3-6-17/h1-10,13-15H,11-12,16H2/b23-15-. The first-order chi connectivity index (χ1) is 15.5. The van der Waals surface area contributed by atoms with Gasteiger partial charge in [-0.15, -0.1) is 0 Å². The fraction of sp³-hybridized carbons (Fsp3) is 0.120. The molecule has 1 fully saturated rings. The number of benzene rings is 3. The van der Waals surface area contributed by atoms with E-state index in [1.54, 1.807) is 24.3 Å². The molecule has 2 amide bonds. The number of carbonyl (C=O) groups is 2. The van der Waals surface area contributed by atoms with Gasteiger partial charge in [-0.1, -0.05) is 48.5 Å². The Morgan fingerprint density at radius 3 is 2.50 bits per heavy atom. The van der Waals surface area contributed by atoms with Crippen LogP contribution in [0.4, 0.5) is 9.18 Å². The largest absolute Gasteiger partial charge is 0.488 e. The Hall–Kier alpha value is -2.90. The second kappa shape index (κ2) is 10.1. The molecule has 0 spiro atoms. The SMILES string of the molecule is O=C1S/C(=C\c2ccc(OCc3cccc(F)c3)c(Br)c2)C(=O)N1CCc1ccccc1. The van der Waals surface area contributed by atoms with Gasteiger partial charge in [0, 0.05) is 6.54 Å². The zero-order chi connectivity index (χ0) is 22.5. The normalized spacial score (nSPS) is 14.9. The van der Waals surface area contributed by atoms with Crippen LogP contribution in [-0.2, 0) is 17.8 Å². The molecule has 7 heteroatoms. The van der Waals surface area contributed by atoms with Gasteiger partial charge in [-0.25, -0.2) is 4.39 Å². The lowest BCUT2D eigenvalue weighted by Gasteiger charge is -2.12. The molecule has 4 rings (SSSR count). The van der Waals surface area contributed by atoms with Gasteiger partial charge in [-0.3, -0.25) is 14.5 Å².